The van der Waals surface area contributed by atoms with Crippen LogP contribution >= 0.6 is 0 Å². The number of guanidine groups is 1. The Labute approximate surface area is 165 Å². The van der Waals surface area contributed by atoms with Crippen molar-refractivity contribution in [2.75, 3.05) is 26.7 Å². The topological polar surface area (TPSA) is 88.6 Å². The van der Waals surface area contributed by atoms with Crippen LogP contribution < -0.4 is 5.32 Å². The molecular weight excluding hydrogens is 356 g/mol. The van der Waals surface area contributed by atoms with Crippen LogP contribution in [-0.4, -0.2) is 52.2 Å². The van der Waals surface area contributed by atoms with Gasteiger partial charge in [-0.05, 0) is 23.8 Å². The maximum atomic E-state index is 10.7. The summed E-state index contributed by atoms with van der Waals surface area (Å²) >= 11 is 0. The number of nitrogens with zero attached hydrogens (tertiary/aromatic N) is 5. The predicted molar refractivity (Wildman–Crippen MR) is 109 cm³/mol. The van der Waals surface area contributed by atoms with Crippen molar-refractivity contribution in [1.29, 1.82) is 0 Å². The molecular formula is C20H28N6O2. The molecule has 1 aliphatic rings. The third kappa shape index (κ3) is 4.68. The molecule has 0 bridgehead atoms. The minimum atomic E-state index is -0.433. The fourth-order valence-corrected chi connectivity index (χ4v) is 3.96. The Bertz CT molecular complexity index is 804. The van der Waals surface area contributed by atoms with E-state index in [-0.39, 0.29) is 5.69 Å². The van der Waals surface area contributed by atoms with Gasteiger partial charge in [-0.15, -0.1) is 0 Å². The van der Waals surface area contributed by atoms with E-state index in [2.05, 4.69) is 57.6 Å². The monoisotopic (exact) mass is 384 g/mol. The van der Waals surface area contributed by atoms with Gasteiger partial charge in [0.15, 0.2) is 5.96 Å². The molecule has 0 spiro atoms. The van der Waals surface area contributed by atoms with Crippen LogP contribution in [0, 0.1) is 16.0 Å². The number of hydrogen-bond acceptors (Lipinski definition) is 4. The fraction of sp³-hybridized carbons (Fsp3) is 0.500. The second-order valence-corrected chi connectivity index (χ2v) is 7.11. The van der Waals surface area contributed by atoms with Gasteiger partial charge in [0.25, 0.3) is 0 Å². The number of likely N-dealkylation sites (tertiary alicyclic amines) is 1. The van der Waals surface area contributed by atoms with Gasteiger partial charge in [-0.25, -0.2) is 0 Å². The van der Waals surface area contributed by atoms with E-state index in [1.54, 1.807) is 11.7 Å². The van der Waals surface area contributed by atoms with E-state index < -0.39 is 4.92 Å². The van der Waals surface area contributed by atoms with E-state index in [0.29, 0.717) is 24.9 Å². The molecule has 2 unspecified atom stereocenters. The van der Waals surface area contributed by atoms with E-state index in [1.807, 2.05) is 0 Å². The van der Waals surface area contributed by atoms with Crippen LogP contribution in [0.3, 0.4) is 0 Å². The van der Waals surface area contributed by atoms with Crippen molar-refractivity contribution in [2.45, 2.75) is 32.2 Å². The first kappa shape index (κ1) is 19.9. The quantitative estimate of drug-likeness (QED) is 0.358. The van der Waals surface area contributed by atoms with Gasteiger partial charge in [0.05, 0.1) is 11.5 Å². The number of piperidine rings is 1. The fourth-order valence-electron chi connectivity index (χ4n) is 3.96. The Hall–Kier alpha value is -2.90. The molecule has 28 heavy (non-hydrogen) atoms. The number of nitro groups is 1. The summed E-state index contributed by atoms with van der Waals surface area (Å²) in [5.74, 6) is 2.06. The van der Waals surface area contributed by atoms with Crippen LogP contribution in [0.4, 0.5) is 5.69 Å². The molecule has 0 amide bonds. The van der Waals surface area contributed by atoms with E-state index in [9.17, 15) is 10.1 Å². The van der Waals surface area contributed by atoms with Crippen molar-refractivity contribution in [1.82, 2.24) is 20.0 Å². The lowest BCUT2D eigenvalue weighted by atomic mass is 9.79. The SMILES string of the molecule is CCC1CN(C(=NC)NCCn2cc([N+](=O)[O-])cn2)CCC1c1ccccc1. The van der Waals surface area contributed by atoms with E-state index in [1.165, 1.54) is 18.0 Å². The van der Waals surface area contributed by atoms with E-state index in [4.69, 9.17) is 0 Å². The van der Waals surface area contributed by atoms with Crippen molar-refractivity contribution in [3.8, 4) is 0 Å². The summed E-state index contributed by atoms with van der Waals surface area (Å²) in [6, 6.07) is 10.8. The zero-order chi connectivity index (χ0) is 19.9. The first-order valence-corrected chi connectivity index (χ1v) is 9.79. The number of aliphatic imine (C=N–C) groups is 1. The Morgan fingerprint density at radius 2 is 2.18 bits per heavy atom. The van der Waals surface area contributed by atoms with Crippen molar-refractivity contribution in [3.63, 3.8) is 0 Å². The number of nitrogens with one attached hydrogen (secondary N) is 1. The summed E-state index contributed by atoms with van der Waals surface area (Å²) in [6.07, 6.45) is 4.95. The molecule has 8 nitrogen and oxygen atoms in total. The molecule has 1 N–H and O–H groups in total. The van der Waals surface area contributed by atoms with Crippen LogP contribution in [0.25, 0.3) is 0 Å². The van der Waals surface area contributed by atoms with Gasteiger partial charge < -0.3 is 10.2 Å². The van der Waals surface area contributed by atoms with Gasteiger partial charge in [0.2, 0.25) is 0 Å². The molecule has 0 radical (unpaired) electrons. The standard InChI is InChI=1S/C20H28N6O2/c1-3-16-14-24(11-9-19(16)17-7-5-4-6-8-17)20(21-2)22-10-12-25-15-18(13-23-25)26(27)28/h4-8,13,15-16,19H,3,9-12,14H2,1-2H3,(H,21,22). The highest BCUT2D eigenvalue weighted by atomic mass is 16.6. The summed E-state index contributed by atoms with van der Waals surface area (Å²) in [5.41, 5.74) is 1.44. The lowest BCUT2D eigenvalue weighted by molar-refractivity contribution is -0.385. The highest BCUT2D eigenvalue weighted by Crippen LogP contribution is 2.34. The number of aromatic nitrogens is 2. The van der Waals surface area contributed by atoms with Crippen molar-refractivity contribution in [3.05, 3.63) is 58.4 Å². The highest BCUT2D eigenvalue weighted by molar-refractivity contribution is 5.80. The van der Waals surface area contributed by atoms with Crippen molar-refractivity contribution >= 4 is 11.6 Å². The van der Waals surface area contributed by atoms with Gasteiger partial charge in [0.1, 0.15) is 12.4 Å². The smallest absolute Gasteiger partial charge is 0.306 e. The molecule has 8 heteroatoms. The second-order valence-electron chi connectivity index (χ2n) is 7.11. The van der Waals surface area contributed by atoms with Crippen molar-refractivity contribution < 1.29 is 4.92 Å². The molecule has 1 aromatic heterocycles. The molecule has 150 valence electrons. The molecule has 1 aromatic carbocycles. The molecule has 1 saturated heterocycles. The lowest BCUT2D eigenvalue weighted by Crippen LogP contribution is -2.49. The zero-order valence-electron chi connectivity index (χ0n) is 16.5. The molecule has 3 rings (SSSR count). The van der Waals surface area contributed by atoms with Gasteiger partial charge in [0, 0.05) is 26.7 Å². The van der Waals surface area contributed by atoms with Gasteiger partial charge in [-0.3, -0.25) is 19.8 Å². The Balaban J connectivity index is 1.55. The Morgan fingerprint density at radius 1 is 1.39 bits per heavy atom. The van der Waals surface area contributed by atoms with Crippen LogP contribution in [0.5, 0.6) is 0 Å². The third-order valence-electron chi connectivity index (χ3n) is 5.45. The number of benzene rings is 1. The summed E-state index contributed by atoms with van der Waals surface area (Å²) in [6.45, 7) is 5.35. The van der Waals surface area contributed by atoms with Gasteiger partial charge in [-0.2, -0.15) is 5.10 Å². The second kappa shape index (κ2) is 9.34. The molecule has 0 saturated carbocycles. The normalized spacial score (nSPS) is 20.2. The zero-order valence-corrected chi connectivity index (χ0v) is 16.5. The Kier molecular flexibility index (Phi) is 6.62. The van der Waals surface area contributed by atoms with E-state index >= 15 is 0 Å². The average molecular weight is 384 g/mol. The molecule has 1 fully saturated rings. The van der Waals surface area contributed by atoms with Gasteiger partial charge >= 0.3 is 5.69 Å². The van der Waals surface area contributed by atoms with Crippen LogP contribution in [0.15, 0.2) is 47.7 Å². The maximum Gasteiger partial charge on any atom is 0.306 e. The molecule has 0 aliphatic carbocycles. The number of rotatable bonds is 6. The molecule has 2 atom stereocenters. The summed E-state index contributed by atoms with van der Waals surface area (Å²) < 4.78 is 1.58. The summed E-state index contributed by atoms with van der Waals surface area (Å²) in [5, 5.41) is 18.1. The lowest BCUT2D eigenvalue weighted by Gasteiger charge is -2.40. The predicted octanol–water partition coefficient (Wildman–Crippen LogP) is 2.88. The van der Waals surface area contributed by atoms with Crippen LogP contribution in [0.2, 0.25) is 0 Å². The summed E-state index contributed by atoms with van der Waals surface area (Å²) in [4.78, 5) is 17.1. The van der Waals surface area contributed by atoms with Crippen LogP contribution in [-0.2, 0) is 6.54 Å². The van der Waals surface area contributed by atoms with Gasteiger partial charge in [-0.1, -0.05) is 43.7 Å². The first-order chi connectivity index (χ1) is 13.6. The minimum Gasteiger partial charge on any atom is -0.354 e. The maximum absolute atomic E-state index is 10.7. The van der Waals surface area contributed by atoms with Crippen molar-refractivity contribution in [2.24, 2.45) is 10.9 Å². The van der Waals surface area contributed by atoms with Crippen LogP contribution in [0.1, 0.15) is 31.2 Å². The Morgan fingerprint density at radius 3 is 2.82 bits per heavy atom. The highest BCUT2D eigenvalue weighted by Gasteiger charge is 2.30. The summed E-state index contributed by atoms with van der Waals surface area (Å²) in [7, 11) is 1.80. The largest absolute Gasteiger partial charge is 0.354 e. The molecule has 2 aromatic rings. The third-order valence-corrected chi connectivity index (χ3v) is 5.45. The number of hydrogen-bond donors (Lipinski definition) is 1. The average Bonchev–Trinajstić information content (AvgIpc) is 3.21. The van der Waals surface area contributed by atoms with E-state index in [0.717, 1.165) is 31.9 Å². The minimum absolute atomic E-state index is 0.0122. The first-order valence-electron chi connectivity index (χ1n) is 9.79. The molecule has 1 aliphatic heterocycles. The molecule has 2 heterocycles.